The number of pyridine rings is 1. The SMILES string of the molecule is C[C@@H]1CCN(S(=O)(=O)c2ccc(C#N)cc2)C[C@@H]1n1ccc2cnc3c(c21)C=CC3. The smallest absolute Gasteiger partial charge is 0.243 e. The topological polar surface area (TPSA) is 79.0 Å². The number of hydrogen-bond acceptors (Lipinski definition) is 4. The second-order valence-electron chi connectivity index (χ2n) is 8.08. The average Bonchev–Trinajstić information content (AvgIpc) is 3.40. The number of sulfonamides is 1. The first-order chi connectivity index (χ1) is 14.5. The zero-order valence-corrected chi connectivity index (χ0v) is 17.5. The van der Waals surface area contributed by atoms with E-state index in [2.05, 4.69) is 40.9 Å². The van der Waals surface area contributed by atoms with Gasteiger partial charge < -0.3 is 4.57 Å². The lowest BCUT2D eigenvalue weighted by Crippen LogP contribution is -2.43. The van der Waals surface area contributed by atoms with Gasteiger partial charge >= 0.3 is 0 Å². The Morgan fingerprint density at radius 3 is 2.77 bits per heavy atom. The molecular weight excluding hydrogens is 396 g/mol. The Morgan fingerprint density at radius 1 is 1.20 bits per heavy atom. The summed E-state index contributed by atoms with van der Waals surface area (Å²) in [5.41, 5.74) is 3.82. The van der Waals surface area contributed by atoms with Crippen LogP contribution in [-0.4, -0.2) is 35.4 Å². The first-order valence-corrected chi connectivity index (χ1v) is 11.6. The first-order valence-electron chi connectivity index (χ1n) is 10.1. The Balaban J connectivity index is 1.52. The number of rotatable bonds is 3. The van der Waals surface area contributed by atoms with Gasteiger partial charge in [-0.25, -0.2) is 8.42 Å². The number of benzene rings is 1. The molecule has 5 rings (SSSR count). The van der Waals surface area contributed by atoms with Crippen LogP contribution in [0.3, 0.4) is 0 Å². The second kappa shape index (κ2) is 7.08. The molecular formula is C23H22N4O2S. The van der Waals surface area contributed by atoms with Crippen LogP contribution in [0, 0.1) is 17.2 Å². The van der Waals surface area contributed by atoms with Gasteiger partial charge in [-0.3, -0.25) is 4.98 Å². The van der Waals surface area contributed by atoms with Crippen molar-refractivity contribution in [3.05, 3.63) is 65.6 Å². The van der Waals surface area contributed by atoms with E-state index in [9.17, 15) is 8.42 Å². The largest absolute Gasteiger partial charge is 0.342 e. The number of nitrogens with zero attached hydrogens (tertiary/aromatic N) is 4. The fraction of sp³-hybridized carbons (Fsp3) is 0.304. The zero-order valence-electron chi connectivity index (χ0n) is 16.7. The molecule has 152 valence electrons. The predicted molar refractivity (Wildman–Crippen MR) is 115 cm³/mol. The maximum atomic E-state index is 13.3. The molecule has 0 spiro atoms. The minimum atomic E-state index is -3.61. The third-order valence-electron chi connectivity index (χ3n) is 6.33. The summed E-state index contributed by atoms with van der Waals surface area (Å²) in [5.74, 6) is 0.349. The molecule has 0 N–H and O–H groups in total. The molecule has 1 aromatic carbocycles. The van der Waals surface area contributed by atoms with E-state index in [1.807, 2.05) is 12.3 Å². The highest BCUT2D eigenvalue weighted by molar-refractivity contribution is 7.89. The summed E-state index contributed by atoms with van der Waals surface area (Å²) in [6.07, 6.45) is 9.87. The van der Waals surface area contributed by atoms with Crippen LogP contribution in [0.25, 0.3) is 17.0 Å². The summed E-state index contributed by atoms with van der Waals surface area (Å²) in [7, 11) is -3.61. The number of piperidine rings is 1. The van der Waals surface area contributed by atoms with Crippen LogP contribution in [0.4, 0.5) is 0 Å². The van der Waals surface area contributed by atoms with Crippen LogP contribution in [0.15, 0.2) is 53.7 Å². The van der Waals surface area contributed by atoms with E-state index in [1.165, 1.54) is 12.1 Å². The highest BCUT2D eigenvalue weighted by Crippen LogP contribution is 2.36. The molecule has 1 aliphatic carbocycles. The van der Waals surface area contributed by atoms with Gasteiger partial charge in [0, 0.05) is 42.9 Å². The van der Waals surface area contributed by atoms with E-state index < -0.39 is 10.0 Å². The number of hydrogen-bond donors (Lipinski definition) is 0. The van der Waals surface area contributed by atoms with Crippen LogP contribution in [0.1, 0.15) is 36.2 Å². The fourth-order valence-corrected chi connectivity index (χ4v) is 6.04. The maximum Gasteiger partial charge on any atom is 0.243 e. The van der Waals surface area contributed by atoms with Crippen LogP contribution >= 0.6 is 0 Å². The lowest BCUT2D eigenvalue weighted by Gasteiger charge is -2.37. The summed E-state index contributed by atoms with van der Waals surface area (Å²) in [6.45, 7) is 3.12. The summed E-state index contributed by atoms with van der Waals surface area (Å²) < 4.78 is 30.4. The molecule has 0 amide bonds. The molecule has 0 bridgehead atoms. The Labute approximate surface area is 176 Å². The van der Waals surface area contributed by atoms with Gasteiger partial charge in [-0.1, -0.05) is 19.1 Å². The molecule has 7 heteroatoms. The standard InChI is InChI=1S/C23H22N4O2S/c1-16-9-11-26(30(28,29)19-7-5-17(13-24)6-8-19)15-22(16)27-12-10-18-14-25-21-4-2-3-20(21)23(18)27/h2-3,5-8,10,12,14,16,22H,4,9,11,15H2,1H3/t16-,22+/m1/s1. The minimum Gasteiger partial charge on any atom is -0.342 e. The van der Waals surface area contributed by atoms with Crippen molar-refractivity contribution >= 4 is 27.0 Å². The Kier molecular flexibility index (Phi) is 4.49. The van der Waals surface area contributed by atoms with E-state index in [0.29, 0.717) is 24.6 Å². The van der Waals surface area contributed by atoms with Crippen molar-refractivity contribution < 1.29 is 8.42 Å². The molecule has 1 saturated heterocycles. The Morgan fingerprint density at radius 2 is 2.00 bits per heavy atom. The third-order valence-corrected chi connectivity index (χ3v) is 8.21. The average molecular weight is 419 g/mol. The normalized spacial score (nSPS) is 21.6. The van der Waals surface area contributed by atoms with Crippen LogP contribution in [0.5, 0.6) is 0 Å². The monoisotopic (exact) mass is 418 g/mol. The van der Waals surface area contributed by atoms with E-state index in [-0.39, 0.29) is 10.9 Å². The Hall–Kier alpha value is -2.95. The maximum absolute atomic E-state index is 13.3. The lowest BCUT2D eigenvalue weighted by molar-refractivity contribution is 0.204. The van der Waals surface area contributed by atoms with E-state index in [0.717, 1.165) is 35.0 Å². The number of allylic oxidation sites excluding steroid dienone is 1. The van der Waals surface area contributed by atoms with E-state index >= 15 is 0 Å². The molecule has 3 heterocycles. The first kappa shape index (κ1) is 19.0. The van der Waals surface area contributed by atoms with Gasteiger partial charge in [0.05, 0.1) is 33.8 Å². The van der Waals surface area contributed by atoms with Gasteiger partial charge in [0.1, 0.15) is 0 Å². The number of aromatic nitrogens is 2. The molecule has 0 radical (unpaired) electrons. The predicted octanol–water partition coefficient (Wildman–Crippen LogP) is 3.75. The highest BCUT2D eigenvalue weighted by Gasteiger charge is 2.35. The van der Waals surface area contributed by atoms with E-state index in [1.54, 1.807) is 16.4 Å². The minimum absolute atomic E-state index is 0.0462. The fourth-order valence-electron chi connectivity index (χ4n) is 4.57. The summed E-state index contributed by atoms with van der Waals surface area (Å²) in [5, 5.41) is 10.1. The van der Waals surface area contributed by atoms with Gasteiger partial charge in [0.15, 0.2) is 0 Å². The second-order valence-corrected chi connectivity index (χ2v) is 10.0. The molecule has 30 heavy (non-hydrogen) atoms. The zero-order chi connectivity index (χ0) is 20.9. The van der Waals surface area contributed by atoms with Crippen LogP contribution < -0.4 is 0 Å². The number of nitriles is 1. The van der Waals surface area contributed by atoms with Crippen molar-refractivity contribution in [2.75, 3.05) is 13.1 Å². The van der Waals surface area contributed by atoms with Crippen LogP contribution in [-0.2, 0) is 16.4 Å². The Bertz CT molecular complexity index is 1300. The summed E-state index contributed by atoms with van der Waals surface area (Å²) >= 11 is 0. The highest BCUT2D eigenvalue weighted by atomic mass is 32.2. The molecule has 0 unspecified atom stereocenters. The molecule has 2 atom stereocenters. The van der Waals surface area contributed by atoms with Gasteiger partial charge in [0.25, 0.3) is 0 Å². The number of fused-ring (bicyclic) bond motifs is 3. The van der Waals surface area contributed by atoms with Crippen LogP contribution in [0.2, 0.25) is 0 Å². The van der Waals surface area contributed by atoms with Crippen molar-refractivity contribution in [1.29, 1.82) is 5.26 Å². The lowest BCUT2D eigenvalue weighted by atomic mass is 9.94. The van der Waals surface area contributed by atoms with Crippen molar-refractivity contribution in [2.24, 2.45) is 5.92 Å². The van der Waals surface area contributed by atoms with Gasteiger partial charge in [-0.2, -0.15) is 9.57 Å². The molecule has 2 aromatic heterocycles. The summed E-state index contributed by atoms with van der Waals surface area (Å²) in [6, 6.07) is 10.3. The van der Waals surface area contributed by atoms with Crippen molar-refractivity contribution in [1.82, 2.24) is 13.9 Å². The molecule has 1 fully saturated rings. The molecule has 0 saturated carbocycles. The molecule has 2 aliphatic rings. The van der Waals surface area contributed by atoms with Gasteiger partial charge in [-0.15, -0.1) is 0 Å². The van der Waals surface area contributed by atoms with Crippen molar-refractivity contribution in [3.63, 3.8) is 0 Å². The van der Waals surface area contributed by atoms with Crippen molar-refractivity contribution in [3.8, 4) is 6.07 Å². The van der Waals surface area contributed by atoms with E-state index in [4.69, 9.17) is 5.26 Å². The quantitative estimate of drug-likeness (QED) is 0.649. The summed E-state index contributed by atoms with van der Waals surface area (Å²) in [4.78, 5) is 4.80. The molecule has 6 nitrogen and oxygen atoms in total. The van der Waals surface area contributed by atoms with Crippen molar-refractivity contribution in [2.45, 2.75) is 30.7 Å². The third kappa shape index (κ3) is 2.95. The molecule has 3 aromatic rings. The molecule has 1 aliphatic heterocycles. The van der Waals surface area contributed by atoms with Gasteiger partial charge in [-0.05, 0) is 42.7 Å². The van der Waals surface area contributed by atoms with Gasteiger partial charge in [0.2, 0.25) is 10.0 Å².